The Morgan fingerprint density at radius 1 is 1.45 bits per heavy atom. The van der Waals surface area contributed by atoms with Crippen LogP contribution in [0, 0.1) is 6.92 Å². The van der Waals surface area contributed by atoms with Crippen LogP contribution >= 0.6 is 0 Å². The SMILES string of the molecule is Cc1nn(C)c(C(=O)N(C)Cc2ccccc2O)c1N. The summed E-state index contributed by atoms with van der Waals surface area (Å²) < 4.78 is 1.48. The molecule has 106 valence electrons. The normalized spacial score (nSPS) is 10.6. The van der Waals surface area contributed by atoms with Crippen LogP contribution in [0.4, 0.5) is 5.69 Å². The standard InChI is InChI=1S/C14H18N4O2/c1-9-12(15)13(18(3)16-9)14(20)17(2)8-10-6-4-5-7-11(10)19/h4-7,19H,8,15H2,1-3H3. The van der Waals surface area contributed by atoms with Crippen LogP contribution in [-0.2, 0) is 13.6 Å². The number of nitrogens with zero attached hydrogens (tertiary/aromatic N) is 3. The van der Waals surface area contributed by atoms with Crippen molar-refractivity contribution in [1.82, 2.24) is 14.7 Å². The van der Waals surface area contributed by atoms with Gasteiger partial charge in [0.2, 0.25) is 0 Å². The zero-order valence-corrected chi connectivity index (χ0v) is 11.8. The predicted molar refractivity (Wildman–Crippen MR) is 76.3 cm³/mol. The fourth-order valence-electron chi connectivity index (χ4n) is 2.08. The van der Waals surface area contributed by atoms with Gasteiger partial charge in [0, 0.05) is 26.2 Å². The number of phenolic OH excluding ortho intramolecular Hbond substituents is 1. The van der Waals surface area contributed by atoms with Gasteiger partial charge < -0.3 is 15.7 Å². The van der Waals surface area contributed by atoms with Gasteiger partial charge in [-0.15, -0.1) is 0 Å². The van der Waals surface area contributed by atoms with Crippen molar-refractivity contribution in [2.75, 3.05) is 12.8 Å². The van der Waals surface area contributed by atoms with Crippen molar-refractivity contribution in [3.8, 4) is 5.75 Å². The highest BCUT2D eigenvalue weighted by molar-refractivity contribution is 5.97. The molecule has 0 aliphatic rings. The molecule has 6 heteroatoms. The van der Waals surface area contributed by atoms with E-state index in [2.05, 4.69) is 5.10 Å². The molecule has 1 aromatic heterocycles. The average molecular weight is 274 g/mol. The van der Waals surface area contributed by atoms with Gasteiger partial charge in [-0.1, -0.05) is 18.2 Å². The summed E-state index contributed by atoms with van der Waals surface area (Å²) in [5.41, 5.74) is 7.95. The molecule has 0 radical (unpaired) electrons. The highest BCUT2D eigenvalue weighted by atomic mass is 16.3. The van der Waals surface area contributed by atoms with E-state index in [9.17, 15) is 9.90 Å². The number of amides is 1. The summed E-state index contributed by atoms with van der Waals surface area (Å²) in [7, 11) is 3.35. The lowest BCUT2D eigenvalue weighted by Gasteiger charge is -2.18. The molecular formula is C14H18N4O2. The Kier molecular flexibility index (Phi) is 3.65. The van der Waals surface area contributed by atoms with Crippen molar-refractivity contribution in [3.63, 3.8) is 0 Å². The maximum Gasteiger partial charge on any atom is 0.274 e. The quantitative estimate of drug-likeness (QED) is 0.883. The summed E-state index contributed by atoms with van der Waals surface area (Å²) in [5, 5.41) is 13.9. The molecule has 3 N–H and O–H groups in total. The molecule has 0 unspecified atom stereocenters. The number of carbonyl (C=O) groups excluding carboxylic acids is 1. The van der Waals surface area contributed by atoms with E-state index in [0.29, 0.717) is 29.2 Å². The summed E-state index contributed by atoms with van der Waals surface area (Å²) >= 11 is 0. The molecule has 6 nitrogen and oxygen atoms in total. The molecule has 0 bridgehead atoms. The number of nitrogens with two attached hydrogens (primary N) is 1. The van der Waals surface area contributed by atoms with Gasteiger partial charge in [-0.2, -0.15) is 5.10 Å². The van der Waals surface area contributed by atoms with E-state index in [1.807, 2.05) is 6.07 Å². The number of para-hydroxylation sites is 1. The predicted octanol–water partition coefficient (Wildman–Crippen LogP) is 1.29. The molecule has 0 spiro atoms. The largest absolute Gasteiger partial charge is 0.508 e. The molecule has 0 aliphatic heterocycles. The fourth-order valence-corrected chi connectivity index (χ4v) is 2.08. The average Bonchev–Trinajstić information content (AvgIpc) is 2.65. The Morgan fingerprint density at radius 3 is 2.65 bits per heavy atom. The second-order valence-electron chi connectivity index (χ2n) is 4.76. The van der Waals surface area contributed by atoms with Gasteiger partial charge in [0.25, 0.3) is 5.91 Å². The number of phenols is 1. The molecule has 20 heavy (non-hydrogen) atoms. The first-order chi connectivity index (χ1) is 9.41. The molecule has 0 saturated heterocycles. The van der Waals surface area contributed by atoms with Gasteiger partial charge >= 0.3 is 0 Å². The number of hydrogen-bond donors (Lipinski definition) is 2. The molecule has 1 heterocycles. The number of hydrogen-bond acceptors (Lipinski definition) is 4. The van der Waals surface area contributed by atoms with E-state index in [-0.39, 0.29) is 11.7 Å². The van der Waals surface area contributed by atoms with Gasteiger partial charge in [0.15, 0.2) is 0 Å². The highest BCUT2D eigenvalue weighted by Gasteiger charge is 2.21. The van der Waals surface area contributed by atoms with Crippen molar-refractivity contribution < 1.29 is 9.90 Å². The van der Waals surface area contributed by atoms with E-state index in [1.54, 1.807) is 39.2 Å². The Morgan fingerprint density at radius 2 is 2.10 bits per heavy atom. The van der Waals surface area contributed by atoms with E-state index < -0.39 is 0 Å². The Balaban J connectivity index is 2.23. The number of aromatic nitrogens is 2. The van der Waals surface area contributed by atoms with Crippen molar-refractivity contribution in [1.29, 1.82) is 0 Å². The Hall–Kier alpha value is -2.50. The van der Waals surface area contributed by atoms with Gasteiger partial charge in [-0.3, -0.25) is 9.48 Å². The molecule has 0 fully saturated rings. The molecule has 0 atom stereocenters. The third-order valence-corrected chi connectivity index (χ3v) is 3.22. The number of aromatic hydroxyl groups is 1. The maximum absolute atomic E-state index is 12.4. The topological polar surface area (TPSA) is 84.4 Å². The third-order valence-electron chi connectivity index (χ3n) is 3.22. The van der Waals surface area contributed by atoms with Crippen LogP contribution in [0.25, 0.3) is 0 Å². The number of benzene rings is 1. The minimum absolute atomic E-state index is 0.168. The number of rotatable bonds is 3. The van der Waals surface area contributed by atoms with Crippen molar-refractivity contribution >= 4 is 11.6 Å². The maximum atomic E-state index is 12.4. The van der Waals surface area contributed by atoms with E-state index in [4.69, 9.17) is 5.73 Å². The summed E-state index contributed by atoms with van der Waals surface area (Å²) in [6.07, 6.45) is 0. The van der Waals surface area contributed by atoms with Gasteiger partial charge in [0.05, 0.1) is 11.4 Å². The van der Waals surface area contributed by atoms with Crippen LogP contribution in [0.3, 0.4) is 0 Å². The second kappa shape index (κ2) is 5.24. The van der Waals surface area contributed by atoms with E-state index in [0.717, 1.165) is 0 Å². The van der Waals surface area contributed by atoms with E-state index >= 15 is 0 Å². The fraction of sp³-hybridized carbons (Fsp3) is 0.286. The molecule has 1 aromatic carbocycles. The summed E-state index contributed by atoms with van der Waals surface area (Å²) in [6, 6.07) is 6.92. The number of nitrogen functional groups attached to an aromatic ring is 1. The van der Waals surface area contributed by atoms with Gasteiger partial charge in [-0.05, 0) is 13.0 Å². The zero-order valence-electron chi connectivity index (χ0n) is 11.8. The highest BCUT2D eigenvalue weighted by Crippen LogP contribution is 2.21. The van der Waals surface area contributed by atoms with Crippen LogP contribution in [0.2, 0.25) is 0 Å². The van der Waals surface area contributed by atoms with Crippen LogP contribution in [0.1, 0.15) is 21.7 Å². The second-order valence-corrected chi connectivity index (χ2v) is 4.76. The van der Waals surface area contributed by atoms with Crippen molar-refractivity contribution in [2.45, 2.75) is 13.5 Å². The van der Waals surface area contributed by atoms with Crippen LogP contribution in [0.15, 0.2) is 24.3 Å². The number of aryl methyl sites for hydroxylation is 2. The minimum atomic E-state index is -0.228. The third kappa shape index (κ3) is 2.45. The summed E-state index contributed by atoms with van der Waals surface area (Å²) in [5.74, 6) is -0.0600. The first-order valence-electron chi connectivity index (χ1n) is 6.23. The zero-order chi connectivity index (χ0) is 14.9. The first kappa shape index (κ1) is 13.9. The van der Waals surface area contributed by atoms with Crippen LogP contribution < -0.4 is 5.73 Å². The molecule has 2 rings (SSSR count). The minimum Gasteiger partial charge on any atom is -0.508 e. The van der Waals surface area contributed by atoms with Gasteiger partial charge in [-0.25, -0.2) is 0 Å². The molecular weight excluding hydrogens is 256 g/mol. The number of carbonyl (C=O) groups is 1. The summed E-state index contributed by atoms with van der Waals surface area (Å²) in [6.45, 7) is 2.06. The molecule has 2 aromatic rings. The smallest absolute Gasteiger partial charge is 0.274 e. The van der Waals surface area contributed by atoms with Crippen molar-refractivity contribution in [2.24, 2.45) is 7.05 Å². The number of anilines is 1. The molecule has 1 amide bonds. The van der Waals surface area contributed by atoms with Gasteiger partial charge in [0.1, 0.15) is 11.4 Å². The molecule has 0 aliphatic carbocycles. The molecule has 0 saturated carbocycles. The Bertz CT molecular complexity index is 649. The van der Waals surface area contributed by atoms with Crippen molar-refractivity contribution in [3.05, 3.63) is 41.2 Å². The van der Waals surface area contributed by atoms with E-state index in [1.165, 1.54) is 9.58 Å². The monoisotopic (exact) mass is 274 g/mol. The lowest BCUT2D eigenvalue weighted by molar-refractivity contribution is 0.0774. The Labute approximate surface area is 117 Å². The van der Waals surface area contributed by atoms with Crippen LogP contribution in [-0.4, -0.2) is 32.7 Å². The lowest BCUT2D eigenvalue weighted by atomic mass is 10.2. The first-order valence-corrected chi connectivity index (χ1v) is 6.23. The summed E-state index contributed by atoms with van der Waals surface area (Å²) in [4.78, 5) is 13.9. The lowest BCUT2D eigenvalue weighted by Crippen LogP contribution is -2.28. The van der Waals surface area contributed by atoms with Crippen LogP contribution in [0.5, 0.6) is 5.75 Å².